The summed E-state index contributed by atoms with van der Waals surface area (Å²) in [5.74, 6) is 5.74. The van der Waals surface area contributed by atoms with Crippen molar-refractivity contribution >= 4 is 15.9 Å². The highest BCUT2D eigenvalue weighted by molar-refractivity contribution is 9.10. The Morgan fingerprint density at radius 3 is 2.32 bits per heavy atom. The first-order chi connectivity index (χ1) is 9.11. The Morgan fingerprint density at radius 2 is 1.74 bits per heavy atom. The second-order valence-corrected chi connectivity index (χ2v) is 5.76. The molecule has 2 aromatic carbocycles. The highest BCUT2D eigenvalue weighted by Crippen LogP contribution is 2.24. The fourth-order valence-corrected chi connectivity index (χ4v) is 2.79. The summed E-state index contributed by atoms with van der Waals surface area (Å²) in [5, 5.41) is 0. The van der Waals surface area contributed by atoms with Crippen molar-refractivity contribution in [2.75, 3.05) is 0 Å². The zero-order chi connectivity index (χ0) is 13.8. The molecule has 0 heterocycles. The number of nitrogens with two attached hydrogens (primary N) is 1. The van der Waals surface area contributed by atoms with Gasteiger partial charge in [-0.25, -0.2) is 0 Å². The van der Waals surface area contributed by atoms with Crippen molar-refractivity contribution in [3.05, 3.63) is 69.2 Å². The summed E-state index contributed by atoms with van der Waals surface area (Å²) in [6.07, 6.45) is 0.894. The van der Waals surface area contributed by atoms with Gasteiger partial charge in [0.2, 0.25) is 0 Å². The second-order valence-electron chi connectivity index (χ2n) is 4.85. The molecule has 3 heteroatoms. The molecule has 1 atom stereocenters. The van der Waals surface area contributed by atoms with Gasteiger partial charge in [0.15, 0.2) is 0 Å². The SMILES string of the molecule is Cc1cccc(C)c1CC(NN)c1cccc(Br)c1. The molecule has 0 saturated heterocycles. The molecule has 0 spiro atoms. The van der Waals surface area contributed by atoms with Crippen molar-refractivity contribution in [1.29, 1.82) is 0 Å². The van der Waals surface area contributed by atoms with Crippen LogP contribution in [0.3, 0.4) is 0 Å². The highest BCUT2D eigenvalue weighted by atomic mass is 79.9. The van der Waals surface area contributed by atoms with Crippen LogP contribution in [-0.2, 0) is 6.42 Å². The summed E-state index contributed by atoms with van der Waals surface area (Å²) in [6, 6.07) is 14.8. The Morgan fingerprint density at radius 1 is 1.11 bits per heavy atom. The van der Waals surface area contributed by atoms with Crippen molar-refractivity contribution in [2.24, 2.45) is 5.84 Å². The maximum Gasteiger partial charge on any atom is 0.0500 e. The lowest BCUT2D eigenvalue weighted by Crippen LogP contribution is -2.30. The fourth-order valence-electron chi connectivity index (χ4n) is 2.37. The van der Waals surface area contributed by atoms with Gasteiger partial charge in [-0.15, -0.1) is 0 Å². The molecule has 0 amide bonds. The molecule has 1 unspecified atom stereocenters. The zero-order valence-electron chi connectivity index (χ0n) is 11.3. The molecular formula is C16H19BrN2. The van der Waals surface area contributed by atoms with Gasteiger partial charge in [-0.1, -0.05) is 46.3 Å². The van der Waals surface area contributed by atoms with Crippen LogP contribution in [0.15, 0.2) is 46.9 Å². The predicted octanol–water partition coefficient (Wildman–Crippen LogP) is 3.81. The number of aryl methyl sites for hydroxylation is 2. The van der Waals surface area contributed by atoms with Crippen molar-refractivity contribution in [3.63, 3.8) is 0 Å². The van der Waals surface area contributed by atoms with Gasteiger partial charge in [0.1, 0.15) is 0 Å². The average Bonchev–Trinajstić information content (AvgIpc) is 2.38. The first-order valence-corrected chi connectivity index (χ1v) is 7.18. The van der Waals surface area contributed by atoms with E-state index in [0.717, 1.165) is 10.9 Å². The first kappa shape index (κ1) is 14.3. The maximum absolute atomic E-state index is 5.74. The lowest BCUT2D eigenvalue weighted by Gasteiger charge is -2.19. The van der Waals surface area contributed by atoms with Gasteiger partial charge in [0, 0.05) is 4.47 Å². The molecule has 100 valence electrons. The second kappa shape index (κ2) is 6.33. The molecular weight excluding hydrogens is 300 g/mol. The summed E-state index contributed by atoms with van der Waals surface area (Å²) >= 11 is 3.51. The number of halogens is 1. The molecule has 0 aliphatic heterocycles. The lowest BCUT2D eigenvalue weighted by atomic mass is 9.93. The van der Waals surface area contributed by atoms with E-state index in [0.29, 0.717) is 0 Å². The Labute approximate surface area is 123 Å². The predicted molar refractivity (Wildman–Crippen MR) is 83.8 cm³/mol. The van der Waals surface area contributed by atoms with Crippen LogP contribution in [0.5, 0.6) is 0 Å². The number of hydrogen-bond acceptors (Lipinski definition) is 2. The number of hydrogen-bond donors (Lipinski definition) is 2. The van der Waals surface area contributed by atoms with Crippen molar-refractivity contribution in [3.8, 4) is 0 Å². The van der Waals surface area contributed by atoms with Gasteiger partial charge >= 0.3 is 0 Å². The topological polar surface area (TPSA) is 38.0 Å². The van der Waals surface area contributed by atoms with E-state index in [1.807, 2.05) is 12.1 Å². The fraction of sp³-hybridized carbons (Fsp3) is 0.250. The summed E-state index contributed by atoms with van der Waals surface area (Å²) in [5.41, 5.74) is 8.12. The van der Waals surface area contributed by atoms with Gasteiger partial charge in [0.25, 0.3) is 0 Å². The third-order valence-electron chi connectivity index (χ3n) is 3.50. The van der Waals surface area contributed by atoms with Gasteiger partial charge in [0.05, 0.1) is 6.04 Å². The van der Waals surface area contributed by atoms with E-state index >= 15 is 0 Å². The summed E-state index contributed by atoms with van der Waals surface area (Å²) in [7, 11) is 0. The lowest BCUT2D eigenvalue weighted by molar-refractivity contribution is 0.549. The van der Waals surface area contributed by atoms with Gasteiger partial charge in [-0.2, -0.15) is 0 Å². The molecule has 0 bridgehead atoms. The third-order valence-corrected chi connectivity index (χ3v) is 4.00. The highest BCUT2D eigenvalue weighted by Gasteiger charge is 2.13. The smallest absolute Gasteiger partial charge is 0.0500 e. The van der Waals surface area contributed by atoms with Crippen molar-refractivity contribution < 1.29 is 0 Å². The van der Waals surface area contributed by atoms with E-state index in [1.54, 1.807) is 0 Å². The number of hydrazine groups is 1. The monoisotopic (exact) mass is 318 g/mol. The molecule has 0 aromatic heterocycles. The van der Waals surface area contributed by atoms with Crippen LogP contribution in [0.2, 0.25) is 0 Å². The first-order valence-electron chi connectivity index (χ1n) is 6.38. The zero-order valence-corrected chi connectivity index (χ0v) is 12.9. The molecule has 2 nitrogen and oxygen atoms in total. The quantitative estimate of drug-likeness (QED) is 0.664. The summed E-state index contributed by atoms with van der Waals surface area (Å²) < 4.78 is 1.08. The van der Waals surface area contributed by atoms with E-state index in [2.05, 4.69) is 65.5 Å². The van der Waals surface area contributed by atoms with E-state index < -0.39 is 0 Å². The molecule has 2 aromatic rings. The van der Waals surface area contributed by atoms with Crippen LogP contribution in [0.4, 0.5) is 0 Å². The maximum atomic E-state index is 5.74. The third kappa shape index (κ3) is 3.44. The van der Waals surface area contributed by atoms with Crippen LogP contribution >= 0.6 is 15.9 Å². The van der Waals surface area contributed by atoms with Gasteiger partial charge in [-0.05, 0) is 54.7 Å². The minimum Gasteiger partial charge on any atom is -0.271 e. The van der Waals surface area contributed by atoms with Crippen LogP contribution < -0.4 is 11.3 Å². The van der Waals surface area contributed by atoms with Crippen molar-refractivity contribution in [1.82, 2.24) is 5.43 Å². The number of nitrogens with one attached hydrogen (secondary N) is 1. The van der Waals surface area contributed by atoms with Gasteiger partial charge < -0.3 is 0 Å². The number of benzene rings is 2. The normalized spacial score (nSPS) is 12.4. The van der Waals surface area contributed by atoms with E-state index in [-0.39, 0.29) is 6.04 Å². The van der Waals surface area contributed by atoms with Crippen LogP contribution in [0.25, 0.3) is 0 Å². The Kier molecular flexibility index (Phi) is 4.75. The molecule has 0 saturated carbocycles. The average molecular weight is 319 g/mol. The minimum absolute atomic E-state index is 0.122. The molecule has 0 fully saturated rings. The standard InChI is InChI=1S/C16H19BrN2/c1-11-5-3-6-12(2)15(11)10-16(19-18)13-7-4-8-14(17)9-13/h3-9,16,19H,10,18H2,1-2H3. The molecule has 0 aliphatic rings. The Hall–Kier alpha value is -1.16. The molecule has 0 radical (unpaired) electrons. The Balaban J connectivity index is 2.29. The van der Waals surface area contributed by atoms with E-state index in [9.17, 15) is 0 Å². The van der Waals surface area contributed by atoms with Crippen LogP contribution in [0, 0.1) is 13.8 Å². The van der Waals surface area contributed by atoms with Gasteiger partial charge in [-0.3, -0.25) is 11.3 Å². The number of rotatable bonds is 4. The summed E-state index contributed by atoms with van der Waals surface area (Å²) in [4.78, 5) is 0. The largest absolute Gasteiger partial charge is 0.271 e. The van der Waals surface area contributed by atoms with E-state index in [1.165, 1.54) is 22.3 Å². The van der Waals surface area contributed by atoms with Crippen LogP contribution in [-0.4, -0.2) is 0 Å². The molecule has 0 aliphatic carbocycles. The molecule has 2 rings (SSSR count). The van der Waals surface area contributed by atoms with Crippen LogP contribution in [0.1, 0.15) is 28.3 Å². The minimum atomic E-state index is 0.122. The molecule has 3 N–H and O–H groups in total. The Bertz CT molecular complexity index is 546. The summed E-state index contributed by atoms with van der Waals surface area (Å²) in [6.45, 7) is 4.30. The van der Waals surface area contributed by atoms with E-state index in [4.69, 9.17) is 5.84 Å². The van der Waals surface area contributed by atoms with Crippen molar-refractivity contribution in [2.45, 2.75) is 26.3 Å². The molecule has 19 heavy (non-hydrogen) atoms.